The summed E-state index contributed by atoms with van der Waals surface area (Å²) in [5.74, 6) is -1.59. The fraction of sp³-hybridized carbons (Fsp3) is 0.269. The summed E-state index contributed by atoms with van der Waals surface area (Å²) >= 11 is 0. The molecule has 0 fully saturated rings. The number of aromatic nitrogens is 1. The first-order valence-electron chi connectivity index (χ1n) is 10.8. The van der Waals surface area contributed by atoms with E-state index in [4.69, 9.17) is 5.73 Å². The molecule has 171 valence electrons. The van der Waals surface area contributed by atoms with Crippen LogP contribution in [0.3, 0.4) is 0 Å². The zero-order valence-electron chi connectivity index (χ0n) is 18.1. The van der Waals surface area contributed by atoms with Crippen molar-refractivity contribution >= 4 is 27.7 Å². The van der Waals surface area contributed by atoms with E-state index >= 15 is 0 Å². The minimum atomic E-state index is -4.70. The first-order chi connectivity index (χ1) is 15.7. The Bertz CT molecular complexity index is 1340. The number of nitrogens with zero attached hydrogens (tertiary/aromatic N) is 1. The van der Waals surface area contributed by atoms with Gasteiger partial charge in [-0.1, -0.05) is 38.0 Å². The van der Waals surface area contributed by atoms with Crippen molar-refractivity contribution in [1.29, 1.82) is 0 Å². The molecule has 1 heterocycles. The normalized spacial score (nSPS) is 12.0. The second-order valence-electron chi connectivity index (χ2n) is 8.14. The SMILES string of the molecule is CCCCCc1c[c]c2c3c(C(N)=O)cccc3n(Cc3c(F)cccc3C(F)(F)F)c2c1. The lowest BCUT2D eigenvalue weighted by molar-refractivity contribution is -0.138. The van der Waals surface area contributed by atoms with Crippen LogP contribution in [0.2, 0.25) is 0 Å². The fourth-order valence-corrected chi connectivity index (χ4v) is 4.34. The Morgan fingerprint density at radius 3 is 2.55 bits per heavy atom. The van der Waals surface area contributed by atoms with E-state index in [-0.39, 0.29) is 12.1 Å². The van der Waals surface area contributed by atoms with E-state index in [9.17, 15) is 22.4 Å². The zero-order chi connectivity index (χ0) is 23.8. The Kier molecular flexibility index (Phi) is 6.15. The Labute approximate surface area is 188 Å². The summed E-state index contributed by atoms with van der Waals surface area (Å²) in [6.07, 6.45) is -0.836. The summed E-state index contributed by atoms with van der Waals surface area (Å²) in [7, 11) is 0. The van der Waals surface area contributed by atoms with Gasteiger partial charge in [0.2, 0.25) is 5.91 Å². The third-order valence-corrected chi connectivity index (χ3v) is 5.93. The maximum Gasteiger partial charge on any atom is 0.416 e. The molecule has 0 saturated heterocycles. The number of aryl methyl sites for hydroxylation is 1. The van der Waals surface area contributed by atoms with Crippen molar-refractivity contribution in [3.05, 3.63) is 82.7 Å². The number of hydrogen-bond donors (Lipinski definition) is 1. The zero-order valence-corrected chi connectivity index (χ0v) is 18.1. The maximum absolute atomic E-state index is 14.7. The molecule has 7 heteroatoms. The number of alkyl halides is 3. The average Bonchev–Trinajstić information content (AvgIpc) is 3.07. The minimum Gasteiger partial charge on any atom is -0.366 e. The van der Waals surface area contributed by atoms with Crippen molar-refractivity contribution in [2.75, 3.05) is 0 Å². The summed E-state index contributed by atoms with van der Waals surface area (Å²) in [5, 5.41) is 1.08. The van der Waals surface area contributed by atoms with Gasteiger partial charge < -0.3 is 10.3 Å². The lowest BCUT2D eigenvalue weighted by atomic mass is 10.0. The molecule has 4 aromatic rings. The number of amides is 1. The summed E-state index contributed by atoms with van der Waals surface area (Å²) in [4.78, 5) is 12.1. The Balaban J connectivity index is 1.98. The molecule has 3 aromatic carbocycles. The van der Waals surface area contributed by atoms with E-state index in [1.807, 2.05) is 12.1 Å². The van der Waals surface area contributed by atoms with Crippen LogP contribution < -0.4 is 5.73 Å². The molecule has 0 aliphatic rings. The molecule has 0 spiro atoms. The molecular weight excluding hydrogens is 432 g/mol. The average molecular weight is 455 g/mol. The first-order valence-corrected chi connectivity index (χ1v) is 10.8. The van der Waals surface area contributed by atoms with Gasteiger partial charge in [-0.2, -0.15) is 13.2 Å². The number of benzene rings is 3. The van der Waals surface area contributed by atoms with Crippen molar-refractivity contribution in [2.24, 2.45) is 5.73 Å². The molecular formula is C26H23F4N2O. The van der Waals surface area contributed by atoms with Crippen LogP contribution in [0.1, 0.15) is 53.2 Å². The Morgan fingerprint density at radius 1 is 1.09 bits per heavy atom. The molecule has 0 bridgehead atoms. The van der Waals surface area contributed by atoms with Gasteiger partial charge in [0.25, 0.3) is 0 Å². The number of primary amides is 1. The fourth-order valence-electron chi connectivity index (χ4n) is 4.34. The molecule has 4 rings (SSSR count). The number of rotatable bonds is 7. The van der Waals surface area contributed by atoms with Crippen molar-refractivity contribution in [1.82, 2.24) is 4.57 Å². The second-order valence-corrected chi connectivity index (χ2v) is 8.14. The number of carbonyl (C=O) groups excluding carboxylic acids is 1. The smallest absolute Gasteiger partial charge is 0.366 e. The topological polar surface area (TPSA) is 48.0 Å². The highest BCUT2D eigenvalue weighted by molar-refractivity contribution is 6.17. The highest BCUT2D eigenvalue weighted by Gasteiger charge is 2.34. The van der Waals surface area contributed by atoms with Gasteiger partial charge in [0.1, 0.15) is 5.82 Å². The largest absolute Gasteiger partial charge is 0.416 e. The van der Waals surface area contributed by atoms with Crippen LogP contribution in [0, 0.1) is 11.9 Å². The molecule has 33 heavy (non-hydrogen) atoms. The highest BCUT2D eigenvalue weighted by atomic mass is 19.4. The van der Waals surface area contributed by atoms with E-state index < -0.39 is 29.0 Å². The Morgan fingerprint density at radius 2 is 1.85 bits per heavy atom. The van der Waals surface area contributed by atoms with Gasteiger partial charge >= 0.3 is 6.18 Å². The van der Waals surface area contributed by atoms with Gasteiger partial charge in [-0.15, -0.1) is 0 Å². The van der Waals surface area contributed by atoms with Crippen LogP contribution in [0.4, 0.5) is 17.6 Å². The molecule has 0 aliphatic carbocycles. The lowest BCUT2D eigenvalue weighted by Gasteiger charge is -2.16. The molecule has 0 aliphatic heterocycles. The van der Waals surface area contributed by atoms with Gasteiger partial charge in [0, 0.05) is 21.9 Å². The van der Waals surface area contributed by atoms with Gasteiger partial charge in [0.15, 0.2) is 0 Å². The monoisotopic (exact) mass is 455 g/mol. The summed E-state index contributed by atoms with van der Waals surface area (Å²) in [5.41, 5.74) is 6.41. The van der Waals surface area contributed by atoms with Crippen molar-refractivity contribution < 1.29 is 22.4 Å². The lowest BCUT2D eigenvalue weighted by Crippen LogP contribution is -2.14. The molecule has 2 N–H and O–H groups in total. The third kappa shape index (κ3) is 4.32. The summed E-state index contributed by atoms with van der Waals surface area (Å²) < 4.78 is 57.2. The molecule has 1 radical (unpaired) electrons. The molecule has 0 unspecified atom stereocenters. The standard InChI is InChI=1S/C26H23F4N2O/c1-2-3-4-7-16-12-13-17-23(14-16)32(22-11-5-8-18(24(17)22)25(31)33)15-19-20(26(28,29)30)9-6-10-21(19)27/h5-6,8-12,14H,2-4,7,15H2,1H3,(H2,31,33). The Hall–Kier alpha value is -3.35. The predicted molar refractivity (Wildman–Crippen MR) is 121 cm³/mol. The van der Waals surface area contributed by atoms with Crippen LogP contribution in [-0.4, -0.2) is 10.5 Å². The van der Waals surface area contributed by atoms with Gasteiger partial charge in [-0.3, -0.25) is 4.79 Å². The van der Waals surface area contributed by atoms with Crippen LogP contribution in [0.15, 0.2) is 48.5 Å². The number of nitrogens with two attached hydrogens (primary N) is 1. The van der Waals surface area contributed by atoms with Crippen molar-refractivity contribution in [2.45, 2.75) is 45.3 Å². The van der Waals surface area contributed by atoms with E-state index in [0.717, 1.165) is 49.4 Å². The van der Waals surface area contributed by atoms with Crippen LogP contribution in [-0.2, 0) is 19.1 Å². The molecule has 0 saturated carbocycles. The van der Waals surface area contributed by atoms with E-state index in [1.165, 1.54) is 0 Å². The van der Waals surface area contributed by atoms with E-state index in [1.54, 1.807) is 22.8 Å². The van der Waals surface area contributed by atoms with Crippen LogP contribution >= 0.6 is 0 Å². The van der Waals surface area contributed by atoms with Gasteiger partial charge in [0.05, 0.1) is 23.1 Å². The summed E-state index contributed by atoms with van der Waals surface area (Å²) in [6.45, 7) is 1.75. The van der Waals surface area contributed by atoms with Gasteiger partial charge in [-0.25, -0.2) is 4.39 Å². The maximum atomic E-state index is 14.7. The summed E-state index contributed by atoms with van der Waals surface area (Å²) in [6, 6.07) is 14.8. The molecule has 1 aromatic heterocycles. The number of fused-ring (bicyclic) bond motifs is 3. The second kappa shape index (κ2) is 8.89. The first kappa shape index (κ1) is 22.8. The number of hydrogen-bond acceptors (Lipinski definition) is 1. The minimum absolute atomic E-state index is 0.246. The van der Waals surface area contributed by atoms with E-state index in [0.29, 0.717) is 21.8 Å². The van der Waals surface area contributed by atoms with E-state index in [2.05, 4.69) is 13.0 Å². The van der Waals surface area contributed by atoms with Gasteiger partial charge in [-0.05, 0) is 54.8 Å². The van der Waals surface area contributed by atoms with Crippen LogP contribution in [0.25, 0.3) is 21.8 Å². The number of unbranched alkanes of at least 4 members (excludes halogenated alkanes) is 2. The molecule has 1 amide bonds. The van der Waals surface area contributed by atoms with Crippen LogP contribution in [0.5, 0.6) is 0 Å². The quantitative estimate of drug-likeness (QED) is 0.247. The molecule has 0 atom stereocenters. The third-order valence-electron chi connectivity index (χ3n) is 5.93. The predicted octanol–water partition coefficient (Wildman–Crippen LogP) is 6.63. The highest BCUT2D eigenvalue weighted by Crippen LogP contribution is 2.37. The molecule has 3 nitrogen and oxygen atoms in total. The van der Waals surface area contributed by atoms with Crippen molar-refractivity contribution in [3.63, 3.8) is 0 Å². The number of halogens is 4. The number of carbonyl (C=O) groups is 1. The van der Waals surface area contributed by atoms with Crippen molar-refractivity contribution in [3.8, 4) is 0 Å².